The summed E-state index contributed by atoms with van der Waals surface area (Å²) in [6, 6.07) is 17.2. The highest BCUT2D eigenvalue weighted by atomic mass is 16.3. The lowest BCUT2D eigenvalue weighted by Gasteiger charge is -2.47. The van der Waals surface area contributed by atoms with Crippen molar-refractivity contribution in [1.82, 2.24) is 30.8 Å². The predicted molar refractivity (Wildman–Crippen MR) is 172 cm³/mol. The molecule has 0 radical (unpaired) electrons. The molecule has 4 aromatic rings. The van der Waals surface area contributed by atoms with Crippen LogP contribution in [0.2, 0.25) is 0 Å². The third-order valence-corrected chi connectivity index (χ3v) is 9.61. The van der Waals surface area contributed by atoms with E-state index in [1.807, 2.05) is 54.6 Å². The van der Waals surface area contributed by atoms with E-state index < -0.39 is 5.66 Å². The van der Waals surface area contributed by atoms with Crippen LogP contribution < -0.4 is 5.32 Å². The minimum absolute atomic E-state index is 0.0771. The number of carbonyl (C=O) groups is 2. The SMILES string of the molecule is CCCCC[C@H](c1ccc(C(=O)NCc2nn[nH]n2)cc1)N1C(=O)C(c2cc3ccccc3o2)=NC12CCC(C(C)(C)C)CC2. The van der Waals surface area contributed by atoms with Crippen molar-refractivity contribution in [3.63, 3.8) is 0 Å². The van der Waals surface area contributed by atoms with Gasteiger partial charge in [-0.1, -0.05) is 82.5 Å². The van der Waals surface area contributed by atoms with Crippen molar-refractivity contribution >= 4 is 28.5 Å². The first-order valence-corrected chi connectivity index (χ1v) is 16.2. The average molecular weight is 610 g/mol. The number of aliphatic imine (C=N–C) groups is 1. The van der Waals surface area contributed by atoms with E-state index in [0.717, 1.165) is 67.9 Å². The summed E-state index contributed by atoms with van der Waals surface area (Å²) in [4.78, 5) is 34.9. The molecule has 0 unspecified atom stereocenters. The number of furan rings is 1. The highest BCUT2D eigenvalue weighted by Gasteiger charge is 2.53. The van der Waals surface area contributed by atoms with Crippen molar-refractivity contribution in [1.29, 1.82) is 0 Å². The molecular formula is C35H43N7O3. The number of amides is 2. The zero-order chi connectivity index (χ0) is 31.6. The first-order chi connectivity index (χ1) is 21.7. The lowest BCUT2D eigenvalue weighted by Crippen LogP contribution is -2.51. The molecule has 2 aromatic heterocycles. The Bertz CT molecular complexity index is 1630. The number of H-pyrrole nitrogens is 1. The van der Waals surface area contributed by atoms with Gasteiger partial charge in [-0.3, -0.25) is 9.59 Å². The van der Waals surface area contributed by atoms with E-state index in [2.05, 4.69) is 58.5 Å². The third kappa shape index (κ3) is 6.28. The second kappa shape index (κ2) is 12.6. The largest absolute Gasteiger partial charge is 0.454 e. The van der Waals surface area contributed by atoms with Crippen LogP contribution in [-0.4, -0.2) is 48.7 Å². The number of unbranched alkanes of at least 4 members (excludes halogenated alkanes) is 2. The maximum Gasteiger partial charge on any atom is 0.278 e. The molecule has 2 N–H and O–H groups in total. The number of benzene rings is 2. The monoisotopic (exact) mass is 609 g/mol. The van der Waals surface area contributed by atoms with E-state index >= 15 is 0 Å². The molecule has 236 valence electrons. The van der Waals surface area contributed by atoms with Crippen LogP contribution in [0.4, 0.5) is 0 Å². The predicted octanol–water partition coefficient (Wildman–Crippen LogP) is 6.76. The van der Waals surface area contributed by atoms with E-state index in [0.29, 0.717) is 28.8 Å². The standard InChI is InChI=1S/C35H43N7O3/c1-5-6-7-11-27(23-13-15-24(16-14-23)32(43)36-22-30-38-40-41-39-30)42-33(44)31(29-21-25-10-8-9-12-28(25)45-29)37-35(42)19-17-26(18-20-35)34(2,3)4/h8-10,12-16,21,26-27H,5-7,11,17-20,22H2,1-4H3,(H,36,43)(H,38,39,40,41)/t26?,27-,35?/m1/s1. The van der Waals surface area contributed by atoms with Crippen LogP contribution in [0.3, 0.4) is 0 Å². The molecule has 2 aromatic carbocycles. The van der Waals surface area contributed by atoms with Crippen molar-refractivity contribution in [3.8, 4) is 0 Å². The average Bonchev–Trinajstić information content (AvgIpc) is 3.77. The van der Waals surface area contributed by atoms with Crippen molar-refractivity contribution in [2.45, 2.75) is 97.3 Å². The molecule has 1 aliphatic carbocycles. The van der Waals surface area contributed by atoms with Gasteiger partial charge < -0.3 is 14.6 Å². The van der Waals surface area contributed by atoms with Crippen LogP contribution in [0.25, 0.3) is 11.0 Å². The van der Waals surface area contributed by atoms with E-state index in [1.165, 1.54) is 0 Å². The van der Waals surface area contributed by atoms with Crippen LogP contribution in [-0.2, 0) is 11.3 Å². The molecule has 10 nitrogen and oxygen atoms in total. The van der Waals surface area contributed by atoms with Crippen LogP contribution in [0.1, 0.15) is 113 Å². The van der Waals surface area contributed by atoms with Gasteiger partial charge >= 0.3 is 0 Å². The molecule has 0 saturated heterocycles. The summed E-state index contributed by atoms with van der Waals surface area (Å²) in [5.74, 6) is 1.21. The molecule has 1 spiro atoms. The first-order valence-electron chi connectivity index (χ1n) is 16.2. The number of nitrogens with zero attached hydrogens (tertiary/aromatic N) is 5. The van der Waals surface area contributed by atoms with Crippen molar-refractivity contribution in [2.24, 2.45) is 16.3 Å². The Morgan fingerprint density at radius 1 is 1.11 bits per heavy atom. The van der Waals surface area contributed by atoms with Gasteiger partial charge in [0, 0.05) is 10.9 Å². The van der Waals surface area contributed by atoms with Gasteiger partial charge in [-0.25, -0.2) is 4.99 Å². The number of fused-ring (bicyclic) bond motifs is 1. The summed E-state index contributed by atoms with van der Waals surface area (Å²) in [6.45, 7) is 9.30. The van der Waals surface area contributed by atoms with Gasteiger partial charge in [0.2, 0.25) is 0 Å². The van der Waals surface area contributed by atoms with Gasteiger partial charge in [0.05, 0.1) is 12.6 Å². The van der Waals surface area contributed by atoms with Gasteiger partial charge in [0.15, 0.2) is 17.3 Å². The minimum Gasteiger partial charge on any atom is -0.454 e. The Labute approximate surface area is 264 Å². The van der Waals surface area contributed by atoms with E-state index in [1.54, 1.807) is 0 Å². The summed E-state index contributed by atoms with van der Waals surface area (Å²) >= 11 is 0. The smallest absolute Gasteiger partial charge is 0.278 e. The fraction of sp³-hybridized carbons (Fsp3) is 0.486. The molecule has 1 atom stereocenters. The molecule has 3 heterocycles. The number of hydrogen-bond donors (Lipinski definition) is 2. The van der Waals surface area contributed by atoms with Crippen molar-refractivity contribution in [2.75, 3.05) is 0 Å². The second-order valence-electron chi connectivity index (χ2n) is 13.6. The summed E-state index contributed by atoms with van der Waals surface area (Å²) in [5, 5.41) is 17.5. The summed E-state index contributed by atoms with van der Waals surface area (Å²) in [7, 11) is 0. The topological polar surface area (TPSA) is 129 Å². The first kappa shape index (κ1) is 30.7. The van der Waals surface area contributed by atoms with Gasteiger partial charge in [-0.15, -0.1) is 10.2 Å². The Balaban J connectivity index is 1.33. The molecule has 10 heteroatoms. The highest BCUT2D eigenvalue weighted by Crippen LogP contribution is 2.50. The molecule has 1 aliphatic heterocycles. The number of tetrazole rings is 1. The Morgan fingerprint density at radius 2 is 1.87 bits per heavy atom. The van der Waals surface area contributed by atoms with E-state index in [4.69, 9.17) is 9.41 Å². The normalized spacial score (nSPS) is 21.0. The fourth-order valence-electron chi connectivity index (χ4n) is 7.01. The molecule has 1 saturated carbocycles. The molecular weight excluding hydrogens is 566 g/mol. The number of rotatable bonds is 10. The summed E-state index contributed by atoms with van der Waals surface area (Å²) < 4.78 is 6.22. The zero-order valence-corrected chi connectivity index (χ0v) is 26.7. The highest BCUT2D eigenvalue weighted by molar-refractivity contribution is 6.46. The van der Waals surface area contributed by atoms with Crippen LogP contribution >= 0.6 is 0 Å². The maximum atomic E-state index is 14.6. The lowest BCUT2D eigenvalue weighted by molar-refractivity contribution is -0.133. The molecule has 6 rings (SSSR count). The van der Waals surface area contributed by atoms with Crippen LogP contribution in [0.15, 0.2) is 64.0 Å². The number of nitrogens with one attached hydrogen (secondary N) is 2. The zero-order valence-electron chi connectivity index (χ0n) is 26.7. The van der Waals surface area contributed by atoms with Gasteiger partial charge in [-0.05, 0) is 73.3 Å². The number of aromatic nitrogens is 4. The van der Waals surface area contributed by atoms with Gasteiger partial charge in [-0.2, -0.15) is 5.21 Å². The van der Waals surface area contributed by atoms with Crippen molar-refractivity contribution < 1.29 is 14.0 Å². The molecule has 1 fully saturated rings. The molecule has 2 amide bonds. The third-order valence-electron chi connectivity index (χ3n) is 9.61. The Morgan fingerprint density at radius 3 is 2.53 bits per heavy atom. The minimum atomic E-state index is -0.634. The maximum absolute atomic E-state index is 14.6. The number of aromatic amines is 1. The lowest BCUT2D eigenvalue weighted by atomic mass is 9.69. The quantitative estimate of drug-likeness (QED) is 0.191. The summed E-state index contributed by atoms with van der Waals surface area (Å²) in [6.07, 6.45) is 7.59. The van der Waals surface area contributed by atoms with Crippen LogP contribution in [0, 0.1) is 11.3 Å². The Hall–Kier alpha value is -4.34. The van der Waals surface area contributed by atoms with E-state index in [-0.39, 0.29) is 29.8 Å². The number of carbonyl (C=O) groups excluding carboxylic acids is 2. The molecule has 45 heavy (non-hydrogen) atoms. The summed E-state index contributed by atoms with van der Waals surface area (Å²) in [5.41, 5.74) is 2.26. The molecule has 2 aliphatic rings. The fourth-order valence-corrected chi connectivity index (χ4v) is 7.01. The van der Waals surface area contributed by atoms with Crippen LogP contribution in [0.5, 0.6) is 0 Å². The second-order valence-corrected chi connectivity index (χ2v) is 13.6. The number of hydrogen-bond acceptors (Lipinski definition) is 7. The molecule has 0 bridgehead atoms. The van der Waals surface area contributed by atoms with Gasteiger partial charge in [0.1, 0.15) is 11.2 Å². The van der Waals surface area contributed by atoms with Gasteiger partial charge in [0.25, 0.3) is 11.8 Å². The van der Waals surface area contributed by atoms with E-state index in [9.17, 15) is 9.59 Å². The Kier molecular flexibility index (Phi) is 8.57. The number of para-hydroxylation sites is 1. The van der Waals surface area contributed by atoms with Crippen molar-refractivity contribution in [3.05, 3.63) is 77.3 Å².